The highest BCUT2D eigenvalue weighted by Crippen LogP contribution is 2.20. The van der Waals surface area contributed by atoms with Crippen molar-refractivity contribution in [2.45, 2.75) is 18.5 Å². The Morgan fingerprint density at radius 3 is 1.67 bits per heavy atom. The van der Waals surface area contributed by atoms with Crippen LogP contribution < -0.4 is 0 Å². The highest BCUT2D eigenvalue weighted by molar-refractivity contribution is 6.46. The second-order valence-corrected chi connectivity index (χ2v) is 2.93. The lowest BCUT2D eigenvalue weighted by molar-refractivity contribution is 0.0407. The van der Waals surface area contributed by atoms with Crippen LogP contribution in [0.2, 0.25) is 0 Å². The van der Waals surface area contributed by atoms with Crippen LogP contribution in [0.25, 0.3) is 0 Å². The summed E-state index contributed by atoms with van der Waals surface area (Å²) in [5.41, 5.74) is 0. The summed E-state index contributed by atoms with van der Waals surface area (Å²) in [6, 6.07) is 0. The van der Waals surface area contributed by atoms with Gasteiger partial charge in [0, 0.05) is 13.1 Å². The smallest absolute Gasteiger partial charge is 0.276 e. The maximum Gasteiger partial charge on any atom is 0.276 e. The highest BCUT2D eigenvalue weighted by atomic mass is 35.5. The molecule has 0 aliphatic heterocycles. The zero-order valence-corrected chi connectivity index (χ0v) is 7.08. The van der Waals surface area contributed by atoms with E-state index in [1.807, 2.05) is 13.8 Å². The molecule has 0 aliphatic carbocycles. The Bertz CT molecular complexity index is 77.5. The molecule has 0 radical (unpaired) electrons. The van der Waals surface area contributed by atoms with Gasteiger partial charge in [-0.15, -0.1) is 0 Å². The maximum atomic E-state index is 8.93. The first-order chi connectivity index (χ1) is 4.02. The zero-order valence-electron chi connectivity index (χ0n) is 5.56. The van der Waals surface area contributed by atoms with Gasteiger partial charge in [-0.05, 0) is 0 Å². The summed E-state index contributed by atoms with van der Waals surface area (Å²) in [6.45, 7) is 5.03. The zero-order chi connectivity index (χ0) is 7.49. The first-order valence-corrected chi connectivity index (χ1v) is 3.63. The molecule has 0 aromatic carbocycles. The minimum Gasteiger partial charge on any atom is -0.350 e. The number of hydrogen-bond donors (Lipinski definition) is 1. The summed E-state index contributed by atoms with van der Waals surface area (Å²) in [5, 5.41) is 8.93. The van der Waals surface area contributed by atoms with Crippen molar-refractivity contribution in [3.05, 3.63) is 0 Å². The number of alkyl halides is 2. The Morgan fingerprint density at radius 1 is 1.33 bits per heavy atom. The molecule has 56 valence electrons. The first kappa shape index (κ1) is 9.50. The van der Waals surface area contributed by atoms with E-state index in [0.717, 1.165) is 0 Å². The molecular weight excluding hydrogens is 161 g/mol. The predicted octanol–water partition coefficient (Wildman–Crippen LogP) is 1.41. The lowest BCUT2D eigenvalue weighted by Crippen LogP contribution is -2.38. The largest absolute Gasteiger partial charge is 0.350 e. The third kappa shape index (κ3) is 3.26. The average molecular weight is 172 g/mol. The van der Waals surface area contributed by atoms with E-state index in [0.29, 0.717) is 13.1 Å². The third-order valence-corrected chi connectivity index (χ3v) is 1.62. The Kier molecular flexibility index (Phi) is 3.82. The molecule has 0 unspecified atom stereocenters. The fraction of sp³-hybridized carbons (Fsp3) is 1.00. The summed E-state index contributed by atoms with van der Waals surface area (Å²) in [4.78, 5) is 1.52. The molecule has 1 N–H and O–H groups in total. The summed E-state index contributed by atoms with van der Waals surface area (Å²) >= 11 is 10.7. The molecule has 0 bridgehead atoms. The monoisotopic (exact) mass is 171 g/mol. The van der Waals surface area contributed by atoms with Gasteiger partial charge >= 0.3 is 0 Å². The van der Waals surface area contributed by atoms with Crippen LogP contribution in [-0.4, -0.2) is 27.7 Å². The number of rotatable bonds is 3. The number of aliphatic hydroxyl groups is 1. The lowest BCUT2D eigenvalue weighted by Gasteiger charge is -2.26. The summed E-state index contributed by atoms with van der Waals surface area (Å²) < 4.78 is -1.70. The van der Waals surface area contributed by atoms with E-state index in [1.165, 1.54) is 4.90 Å². The van der Waals surface area contributed by atoms with Gasteiger partial charge in [-0.1, -0.05) is 37.0 Å². The van der Waals surface area contributed by atoms with Crippen molar-refractivity contribution in [2.24, 2.45) is 0 Å². The second-order valence-electron chi connectivity index (χ2n) is 1.68. The standard InChI is InChI=1S/C5H11Cl2NO/c1-3-8(4-2)5(6,7)9/h9H,3-4H2,1-2H3. The fourth-order valence-corrected chi connectivity index (χ4v) is 1.08. The molecule has 0 fully saturated rings. The molecule has 0 aromatic rings. The molecule has 0 amide bonds. The van der Waals surface area contributed by atoms with Gasteiger partial charge in [-0.2, -0.15) is 0 Å². The Labute approximate surface area is 65.4 Å². The van der Waals surface area contributed by atoms with Crippen molar-refractivity contribution in [3.63, 3.8) is 0 Å². The van der Waals surface area contributed by atoms with Gasteiger partial charge in [-0.25, -0.2) is 4.90 Å². The van der Waals surface area contributed by atoms with Gasteiger partial charge in [0.15, 0.2) is 0 Å². The number of halogens is 2. The Hall–Kier alpha value is 0.500. The van der Waals surface area contributed by atoms with Crippen LogP contribution in [0.3, 0.4) is 0 Å². The SMILES string of the molecule is CCN(CC)C(O)(Cl)Cl. The molecule has 0 atom stereocenters. The summed E-state index contributed by atoms with van der Waals surface area (Å²) in [7, 11) is 0. The van der Waals surface area contributed by atoms with Crippen LogP contribution in [0.15, 0.2) is 0 Å². The molecule has 0 rings (SSSR count). The molecule has 2 nitrogen and oxygen atoms in total. The molecule has 4 heteroatoms. The van der Waals surface area contributed by atoms with Crippen molar-refractivity contribution < 1.29 is 5.11 Å². The molecule has 0 aliphatic rings. The van der Waals surface area contributed by atoms with E-state index < -0.39 is 4.64 Å². The van der Waals surface area contributed by atoms with Crippen LogP contribution in [-0.2, 0) is 0 Å². The topological polar surface area (TPSA) is 23.5 Å². The first-order valence-electron chi connectivity index (χ1n) is 2.87. The predicted molar refractivity (Wildman–Crippen MR) is 39.6 cm³/mol. The van der Waals surface area contributed by atoms with Crippen LogP contribution in [0.4, 0.5) is 0 Å². The molecule has 0 spiro atoms. The van der Waals surface area contributed by atoms with Crippen molar-refractivity contribution in [1.29, 1.82) is 0 Å². The fourth-order valence-electron chi connectivity index (χ4n) is 0.604. The van der Waals surface area contributed by atoms with Crippen molar-refractivity contribution in [1.82, 2.24) is 4.90 Å². The van der Waals surface area contributed by atoms with Gasteiger partial charge < -0.3 is 5.11 Å². The second kappa shape index (κ2) is 3.62. The molecular formula is C5H11Cl2NO. The van der Waals surface area contributed by atoms with E-state index in [1.54, 1.807) is 0 Å². The van der Waals surface area contributed by atoms with Crippen molar-refractivity contribution >= 4 is 23.2 Å². The van der Waals surface area contributed by atoms with Crippen LogP contribution in [0, 0.1) is 0 Å². The lowest BCUT2D eigenvalue weighted by atomic mass is 10.6. The highest BCUT2D eigenvalue weighted by Gasteiger charge is 2.25. The molecule has 0 heterocycles. The van der Waals surface area contributed by atoms with E-state index >= 15 is 0 Å². The minimum absolute atomic E-state index is 0.639. The van der Waals surface area contributed by atoms with Crippen molar-refractivity contribution in [3.8, 4) is 0 Å². The minimum atomic E-state index is -1.70. The van der Waals surface area contributed by atoms with Crippen LogP contribution in [0.5, 0.6) is 0 Å². The molecule has 9 heavy (non-hydrogen) atoms. The molecule has 0 saturated carbocycles. The van der Waals surface area contributed by atoms with Crippen LogP contribution in [0.1, 0.15) is 13.8 Å². The average Bonchev–Trinajstić information content (AvgIpc) is 1.65. The summed E-state index contributed by atoms with van der Waals surface area (Å²) in [5.74, 6) is 0. The van der Waals surface area contributed by atoms with E-state index in [-0.39, 0.29) is 0 Å². The van der Waals surface area contributed by atoms with E-state index in [9.17, 15) is 0 Å². The van der Waals surface area contributed by atoms with Crippen molar-refractivity contribution in [2.75, 3.05) is 13.1 Å². The third-order valence-electron chi connectivity index (χ3n) is 1.14. The van der Waals surface area contributed by atoms with E-state index in [4.69, 9.17) is 28.3 Å². The van der Waals surface area contributed by atoms with Crippen LogP contribution >= 0.6 is 23.2 Å². The molecule has 0 saturated heterocycles. The number of hydrogen-bond acceptors (Lipinski definition) is 2. The Morgan fingerprint density at radius 2 is 1.67 bits per heavy atom. The van der Waals surface area contributed by atoms with Gasteiger partial charge in [-0.3, -0.25) is 0 Å². The van der Waals surface area contributed by atoms with Gasteiger partial charge in [0.2, 0.25) is 0 Å². The van der Waals surface area contributed by atoms with Gasteiger partial charge in [0.05, 0.1) is 0 Å². The van der Waals surface area contributed by atoms with Gasteiger partial charge in [0.1, 0.15) is 0 Å². The normalized spacial score (nSPS) is 12.7. The molecule has 0 aromatic heterocycles. The quantitative estimate of drug-likeness (QED) is 0.395. The summed E-state index contributed by atoms with van der Waals surface area (Å²) in [6.07, 6.45) is 0. The Balaban J connectivity index is 3.79. The van der Waals surface area contributed by atoms with E-state index in [2.05, 4.69) is 0 Å². The maximum absolute atomic E-state index is 8.93. The van der Waals surface area contributed by atoms with Gasteiger partial charge in [0.25, 0.3) is 4.64 Å². The number of nitrogens with zero attached hydrogens (tertiary/aromatic N) is 1.